The second kappa shape index (κ2) is 8.35. The maximum Gasteiger partial charge on any atom is 0.257 e. The van der Waals surface area contributed by atoms with Gasteiger partial charge < -0.3 is 14.2 Å². The third kappa shape index (κ3) is 4.38. The molecule has 0 aliphatic carbocycles. The minimum absolute atomic E-state index is 0.240. The summed E-state index contributed by atoms with van der Waals surface area (Å²) in [5.74, 6) is 2.80. The zero-order valence-electron chi connectivity index (χ0n) is 17.0. The summed E-state index contributed by atoms with van der Waals surface area (Å²) in [6.45, 7) is 10.2. The lowest BCUT2D eigenvalue weighted by atomic mass is 9.97. The van der Waals surface area contributed by atoms with E-state index in [0.29, 0.717) is 25.0 Å². The lowest BCUT2D eigenvalue weighted by Crippen LogP contribution is -2.39. The summed E-state index contributed by atoms with van der Waals surface area (Å²) in [5, 5.41) is 0. The molecule has 2 aromatic heterocycles. The van der Waals surface area contributed by atoms with Gasteiger partial charge in [0.1, 0.15) is 19.0 Å². The minimum atomic E-state index is 0.240. The Bertz CT molecular complexity index is 806. The molecule has 28 heavy (non-hydrogen) atoms. The van der Waals surface area contributed by atoms with Gasteiger partial charge in [0.15, 0.2) is 5.75 Å². The predicted octanol–water partition coefficient (Wildman–Crippen LogP) is 3.72. The fraction of sp³-hybridized carbons (Fsp3) is 0.545. The van der Waals surface area contributed by atoms with Gasteiger partial charge in [0.25, 0.3) is 5.88 Å². The van der Waals surface area contributed by atoms with Crippen molar-refractivity contribution in [2.24, 2.45) is 5.92 Å². The zero-order valence-corrected chi connectivity index (χ0v) is 17.0. The Kier molecular flexibility index (Phi) is 5.67. The first kappa shape index (κ1) is 19.0. The summed E-state index contributed by atoms with van der Waals surface area (Å²) in [7, 11) is 0. The highest BCUT2D eigenvalue weighted by atomic mass is 16.6. The first-order valence-corrected chi connectivity index (χ1v) is 10.2. The molecule has 2 atom stereocenters. The monoisotopic (exact) mass is 383 g/mol. The predicted molar refractivity (Wildman–Crippen MR) is 107 cm³/mol. The van der Waals surface area contributed by atoms with E-state index in [2.05, 4.69) is 22.9 Å². The third-order valence-electron chi connectivity index (χ3n) is 5.49. The smallest absolute Gasteiger partial charge is 0.257 e. The molecule has 1 fully saturated rings. The zero-order chi connectivity index (χ0) is 19.5. The van der Waals surface area contributed by atoms with Crippen LogP contribution in [0.5, 0.6) is 17.4 Å². The standard InChI is InChI=1S/C22H29N3O3/c1-15-11-19(12-16(2)23-15)28-14-18-5-4-8-25(13-18)17(3)20-6-7-21-22(24-20)27-10-9-26-21/h6-7,11-12,17-18H,4-5,8-10,13-14H2,1-3H3/t17-,18-/m0/s1. The first-order valence-electron chi connectivity index (χ1n) is 10.2. The second-order valence-electron chi connectivity index (χ2n) is 7.81. The van der Waals surface area contributed by atoms with Crippen molar-refractivity contribution in [3.05, 3.63) is 41.3 Å². The van der Waals surface area contributed by atoms with E-state index in [-0.39, 0.29) is 6.04 Å². The van der Waals surface area contributed by atoms with Gasteiger partial charge in [-0.1, -0.05) is 0 Å². The molecule has 6 nitrogen and oxygen atoms in total. The van der Waals surface area contributed by atoms with Gasteiger partial charge in [-0.05, 0) is 52.3 Å². The Labute approximate surface area is 166 Å². The fourth-order valence-electron chi connectivity index (χ4n) is 4.04. The lowest BCUT2D eigenvalue weighted by molar-refractivity contribution is 0.0981. The summed E-state index contributed by atoms with van der Waals surface area (Å²) >= 11 is 0. The van der Waals surface area contributed by atoms with E-state index >= 15 is 0 Å². The fourth-order valence-corrected chi connectivity index (χ4v) is 4.04. The number of fused-ring (bicyclic) bond motifs is 1. The van der Waals surface area contributed by atoms with Crippen LogP contribution in [0.3, 0.4) is 0 Å². The molecule has 0 N–H and O–H groups in total. The van der Waals surface area contributed by atoms with E-state index in [4.69, 9.17) is 19.2 Å². The third-order valence-corrected chi connectivity index (χ3v) is 5.49. The average molecular weight is 383 g/mol. The van der Waals surface area contributed by atoms with Gasteiger partial charge in [-0.3, -0.25) is 9.88 Å². The normalized spacial score (nSPS) is 20.6. The van der Waals surface area contributed by atoms with Crippen molar-refractivity contribution < 1.29 is 14.2 Å². The minimum Gasteiger partial charge on any atom is -0.493 e. The molecule has 2 aromatic rings. The lowest BCUT2D eigenvalue weighted by Gasteiger charge is -2.36. The second-order valence-corrected chi connectivity index (χ2v) is 7.81. The maximum atomic E-state index is 6.10. The van der Waals surface area contributed by atoms with Crippen LogP contribution in [0.1, 0.15) is 42.9 Å². The Morgan fingerprint density at radius 3 is 2.75 bits per heavy atom. The molecule has 0 radical (unpaired) electrons. The quantitative estimate of drug-likeness (QED) is 0.784. The van der Waals surface area contributed by atoms with Gasteiger partial charge in [0.2, 0.25) is 0 Å². The number of hydrogen-bond donors (Lipinski definition) is 0. The van der Waals surface area contributed by atoms with Gasteiger partial charge in [0.05, 0.1) is 12.3 Å². The molecular weight excluding hydrogens is 354 g/mol. The van der Waals surface area contributed by atoms with Crippen LogP contribution in [0, 0.1) is 19.8 Å². The first-order chi connectivity index (χ1) is 13.6. The van der Waals surface area contributed by atoms with Crippen LogP contribution in [0.4, 0.5) is 0 Å². The average Bonchev–Trinajstić information content (AvgIpc) is 2.71. The van der Waals surface area contributed by atoms with Gasteiger partial charge in [0, 0.05) is 42.0 Å². The van der Waals surface area contributed by atoms with Crippen molar-refractivity contribution in [1.29, 1.82) is 0 Å². The van der Waals surface area contributed by atoms with E-state index in [1.807, 2.05) is 32.0 Å². The number of nitrogens with zero attached hydrogens (tertiary/aromatic N) is 3. The number of pyridine rings is 2. The number of hydrogen-bond acceptors (Lipinski definition) is 6. The number of rotatable bonds is 5. The maximum absolute atomic E-state index is 6.10. The summed E-state index contributed by atoms with van der Waals surface area (Å²) in [4.78, 5) is 11.6. The van der Waals surface area contributed by atoms with E-state index < -0.39 is 0 Å². The number of ether oxygens (including phenoxy) is 3. The molecule has 6 heteroatoms. The van der Waals surface area contributed by atoms with Gasteiger partial charge in [-0.25, -0.2) is 4.98 Å². The summed E-state index contributed by atoms with van der Waals surface area (Å²) in [6, 6.07) is 8.29. The molecule has 4 rings (SSSR count). The largest absolute Gasteiger partial charge is 0.493 e. The Morgan fingerprint density at radius 2 is 1.93 bits per heavy atom. The number of likely N-dealkylation sites (tertiary alicyclic amines) is 1. The van der Waals surface area contributed by atoms with E-state index in [1.165, 1.54) is 12.8 Å². The highest BCUT2D eigenvalue weighted by Gasteiger charge is 2.26. The summed E-state index contributed by atoms with van der Waals surface area (Å²) < 4.78 is 17.3. The van der Waals surface area contributed by atoms with Crippen LogP contribution in [-0.4, -0.2) is 47.8 Å². The Morgan fingerprint density at radius 1 is 1.14 bits per heavy atom. The molecular formula is C22H29N3O3. The molecule has 0 unspecified atom stereocenters. The van der Waals surface area contributed by atoms with Gasteiger partial charge in [-0.2, -0.15) is 0 Å². The summed E-state index contributed by atoms with van der Waals surface area (Å²) in [6.07, 6.45) is 2.37. The van der Waals surface area contributed by atoms with Crippen molar-refractivity contribution in [2.45, 2.75) is 39.7 Å². The molecule has 150 valence electrons. The number of aryl methyl sites for hydroxylation is 2. The Balaban J connectivity index is 1.37. The topological polar surface area (TPSA) is 56.7 Å². The number of aromatic nitrogens is 2. The Hall–Kier alpha value is -2.34. The number of piperidine rings is 1. The van der Waals surface area contributed by atoms with Crippen LogP contribution in [0.25, 0.3) is 0 Å². The molecule has 4 heterocycles. The SMILES string of the molecule is Cc1cc(OC[C@H]2CCCN([C@@H](C)c3ccc4c(n3)OCCO4)C2)cc(C)n1. The van der Waals surface area contributed by atoms with Crippen molar-refractivity contribution in [2.75, 3.05) is 32.9 Å². The van der Waals surface area contributed by atoms with Crippen LogP contribution < -0.4 is 14.2 Å². The van der Waals surface area contributed by atoms with Crippen LogP contribution in [-0.2, 0) is 0 Å². The summed E-state index contributed by atoms with van der Waals surface area (Å²) in [5.41, 5.74) is 3.03. The van der Waals surface area contributed by atoms with Crippen molar-refractivity contribution in [1.82, 2.24) is 14.9 Å². The highest BCUT2D eigenvalue weighted by Crippen LogP contribution is 2.32. The van der Waals surface area contributed by atoms with Crippen molar-refractivity contribution in [3.63, 3.8) is 0 Å². The van der Waals surface area contributed by atoms with Gasteiger partial charge in [-0.15, -0.1) is 0 Å². The van der Waals surface area contributed by atoms with E-state index in [1.54, 1.807) is 0 Å². The molecule has 0 amide bonds. The molecule has 1 saturated heterocycles. The van der Waals surface area contributed by atoms with Gasteiger partial charge >= 0.3 is 0 Å². The van der Waals surface area contributed by atoms with E-state index in [9.17, 15) is 0 Å². The van der Waals surface area contributed by atoms with Crippen molar-refractivity contribution >= 4 is 0 Å². The molecule has 0 saturated carbocycles. The highest BCUT2D eigenvalue weighted by molar-refractivity contribution is 5.36. The van der Waals surface area contributed by atoms with Crippen LogP contribution >= 0.6 is 0 Å². The van der Waals surface area contributed by atoms with E-state index in [0.717, 1.165) is 48.3 Å². The molecule has 2 aliphatic heterocycles. The molecule has 0 spiro atoms. The molecule has 0 bridgehead atoms. The van der Waals surface area contributed by atoms with Crippen LogP contribution in [0.2, 0.25) is 0 Å². The van der Waals surface area contributed by atoms with Crippen molar-refractivity contribution in [3.8, 4) is 17.4 Å². The van der Waals surface area contributed by atoms with Crippen LogP contribution in [0.15, 0.2) is 24.3 Å². The molecule has 0 aromatic carbocycles. The molecule has 2 aliphatic rings.